The maximum Gasteiger partial charge on any atom is 0.251 e. The Morgan fingerprint density at radius 3 is 2.79 bits per heavy atom. The number of carbonyl (C=O) groups is 1. The van der Waals surface area contributed by atoms with Crippen LogP contribution < -0.4 is 5.32 Å². The summed E-state index contributed by atoms with van der Waals surface area (Å²) < 4.78 is 5.49. The van der Waals surface area contributed by atoms with Gasteiger partial charge in [-0.05, 0) is 43.4 Å². The van der Waals surface area contributed by atoms with Crippen LogP contribution in [-0.2, 0) is 11.2 Å². The molecule has 2 rings (SSSR count). The minimum absolute atomic E-state index is 0.00228. The lowest BCUT2D eigenvalue weighted by Gasteiger charge is -2.11. The number of nitrogens with one attached hydrogen (secondary N) is 1. The molecule has 3 heteroatoms. The van der Waals surface area contributed by atoms with E-state index in [0.29, 0.717) is 6.54 Å². The Kier molecular flexibility index (Phi) is 5.40. The van der Waals surface area contributed by atoms with Crippen molar-refractivity contribution in [2.45, 2.75) is 45.1 Å². The molecule has 1 aliphatic heterocycles. The van der Waals surface area contributed by atoms with Crippen molar-refractivity contribution in [1.29, 1.82) is 0 Å². The summed E-state index contributed by atoms with van der Waals surface area (Å²) in [4.78, 5) is 12.0. The second kappa shape index (κ2) is 7.29. The number of aryl methyl sites for hydroxylation is 1. The Labute approximate surface area is 115 Å². The number of rotatable bonds is 6. The Morgan fingerprint density at radius 2 is 2.16 bits per heavy atom. The summed E-state index contributed by atoms with van der Waals surface area (Å²) in [6.45, 7) is 3.63. The first-order valence-corrected chi connectivity index (χ1v) is 7.28. The summed E-state index contributed by atoms with van der Waals surface area (Å²) in [5.74, 6) is -0.00228. The molecule has 1 fully saturated rings. The highest BCUT2D eigenvalue weighted by Crippen LogP contribution is 2.11. The van der Waals surface area contributed by atoms with Gasteiger partial charge in [0.05, 0.1) is 6.10 Å². The molecule has 1 aromatic carbocycles. The van der Waals surface area contributed by atoms with E-state index in [1.165, 1.54) is 18.4 Å². The summed E-state index contributed by atoms with van der Waals surface area (Å²) in [5.41, 5.74) is 2.04. The molecule has 0 aliphatic carbocycles. The highest BCUT2D eigenvalue weighted by Gasteiger charge is 2.16. The van der Waals surface area contributed by atoms with Crippen LogP contribution in [0.25, 0.3) is 0 Å². The molecule has 0 radical (unpaired) electrons. The molecule has 1 heterocycles. The van der Waals surface area contributed by atoms with Gasteiger partial charge < -0.3 is 10.1 Å². The van der Waals surface area contributed by atoms with E-state index in [1.54, 1.807) is 0 Å². The Morgan fingerprint density at radius 1 is 1.37 bits per heavy atom. The first-order chi connectivity index (χ1) is 9.29. The average Bonchev–Trinajstić information content (AvgIpc) is 2.96. The number of hydrogen-bond donors (Lipinski definition) is 1. The summed E-state index contributed by atoms with van der Waals surface area (Å²) >= 11 is 0. The van der Waals surface area contributed by atoms with E-state index in [9.17, 15) is 4.79 Å². The van der Waals surface area contributed by atoms with Crippen LogP contribution in [0.3, 0.4) is 0 Å². The molecule has 1 aromatic rings. The quantitative estimate of drug-likeness (QED) is 0.855. The summed E-state index contributed by atoms with van der Waals surface area (Å²) in [6, 6.07) is 7.93. The van der Waals surface area contributed by atoms with Gasteiger partial charge in [-0.25, -0.2) is 0 Å². The fourth-order valence-corrected chi connectivity index (χ4v) is 2.32. The van der Waals surface area contributed by atoms with E-state index < -0.39 is 0 Å². The summed E-state index contributed by atoms with van der Waals surface area (Å²) in [5, 5.41) is 2.94. The van der Waals surface area contributed by atoms with Crippen LogP contribution >= 0.6 is 0 Å². The molecule has 19 heavy (non-hydrogen) atoms. The van der Waals surface area contributed by atoms with Gasteiger partial charge >= 0.3 is 0 Å². The third kappa shape index (κ3) is 4.35. The fourth-order valence-electron chi connectivity index (χ4n) is 2.32. The van der Waals surface area contributed by atoms with Gasteiger partial charge in [-0.15, -0.1) is 0 Å². The lowest BCUT2D eigenvalue weighted by Crippen LogP contribution is -2.31. The number of benzene rings is 1. The molecule has 0 bridgehead atoms. The monoisotopic (exact) mass is 261 g/mol. The molecule has 0 spiro atoms. The zero-order valence-corrected chi connectivity index (χ0v) is 11.7. The molecule has 0 aromatic heterocycles. The smallest absolute Gasteiger partial charge is 0.251 e. The minimum atomic E-state index is -0.00228. The standard InChI is InChI=1S/C16H23NO2/c1-2-3-5-13-7-9-14(10-8-13)16(18)17-12-15-6-4-11-19-15/h7-10,15H,2-6,11-12H2,1H3,(H,17,18). The third-order valence-electron chi connectivity index (χ3n) is 3.55. The Hall–Kier alpha value is -1.35. The van der Waals surface area contributed by atoms with Gasteiger partial charge in [0.25, 0.3) is 5.91 Å². The van der Waals surface area contributed by atoms with Gasteiger partial charge in [0, 0.05) is 18.7 Å². The van der Waals surface area contributed by atoms with E-state index in [-0.39, 0.29) is 12.0 Å². The lowest BCUT2D eigenvalue weighted by molar-refractivity contribution is 0.0858. The summed E-state index contributed by atoms with van der Waals surface area (Å²) in [6.07, 6.45) is 5.85. The molecule has 1 unspecified atom stereocenters. The predicted molar refractivity (Wildman–Crippen MR) is 76.4 cm³/mol. The van der Waals surface area contributed by atoms with E-state index in [1.807, 2.05) is 12.1 Å². The number of carbonyl (C=O) groups excluding carboxylic acids is 1. The molecule has 3 nitrogen and oxygen atoms in total. The highest BCUT2D eigenvalue weighted by molar-refractivity contribution is 5.94. The zero-order chi connectivity index (χ0) is 13.5. The van der Waals surface area contributed by atoms with Crippen LogP contribution in [0, 0.1) is 0 Å². The van der Waals surface area contributed by atoms with Gasteiger partial charge in [0.15, 0.2) is 0 Å². The van der Waals surface area contributed by atoms with Crippen molar-refractivity contribution in [3.8, 4) is 0 Å². The van der Waals surface area contributed by atoms with Crippen LogP contribution in [0.2, 0.25) is 0 Å². The first kappa shape index (κ1) is 14.1. The average molecular weight is 261 g/mol. The van der Waals surface area contributed by atoms with Crippen LogP contribution in [0.1, 0.15) is 48.5 Å². The maximum atomic E-state index is 12.0. The van der Waals surface area contributed by atoms with Crippen molar-refractivity contribution in [1.82, 2.24) is 5.32 Å². The largest absolute Gasteiger partial charge is 0.376 e. The van der Waals surface area contributed by atoms with Crippen molar-refractivity contribution in [2.24, 2.45) is 0 Å². The topological polar surface area (TPSA) is 38.3 Å². The maximum absolute atomic E-state index is 12.0. The minimum Gasteiger partial charge on any atom is -0.376 e. The number of hydrogen-bond acceptors (Lipinski definition) is 2. The molecular formula is C16H23NO2. The molecule has 1 aliphatic rings. The second-order valence-electron chi connectivity index (χ2n) is 5.15. The van der Waals surface area contributed by atoms with Crippen molar-refractivity contribution in [2.75, 3.05) is 13.2 Å². The number of unbranched alkanes of at least 4 members (excludes halogenated alkanes) is 1. The predicted octanol–water partition coefficient (Wildman–Crippen LogP) is 2.94. The van der Waals surface area contributed by atoms with E-state index >= 15 is 0 Å². The molecular weight excluding hydrogens is 238 g/mol. The number of amides is 1. The Bertz CT molecular complexity index is 394. The van der Waals surface area contributed by atoms with Gasteiger partial charge in [-0.1, -0.05) is 25.5 Å². The molecule has 1 N–H and O–H groups in total. The highest BCUT2D eigenvalue weighted by atomic mass is 16.5. The normalized spacial score (nSPS) is 18.5. The van der Waals surface area contributed by atoms with Gasteiger partial charge in [-0.3, -0.25) is 4.79 Å². The first-order valence-electron chi connectivity index (χ1n) is 7.28. The summed E-state index contributed by atoms with van der Waals surface area (Å²) in [7, 11) is 0. The van der Waals surface area contributed by atoms with Crippen LogP contribution in [-0.4, -0.2) is 25.2 Å². The van der Waals surface area contributed by atoms with Gasteiger partial charge in [0.1, 0.15) is 0 Å². The van der Waals surface area contributed by atoms with Crippen LogP contribution in [0.5, 0.6) is 0 Å². The van der Waals surface area contributed by atoms with Gasteiger partial charge in [-0.2, -0.15) is 0 Å². The Balaban J connectivity index is 1.81. The van der Waals surface area contributed by atoms with E-state index in [0.717, 1.165) is 31.4 Å². The van der Waals surface area contributed by atoms with E-state index in [4.69, 9.17) is 4.74 Å². The molecule has 1 amide bonds. The molecule has 0 saturated carbocycles. The molecule has 104 valence electrons. The fraction of sp³-hybridized carbons (Fsp3) is 0.562. The van der Waals surface area contributed by atoms with Gasteiger partial charge in [0.2, 0.25) is 0 Å². The molecule has 1 saturated heterocycles. The zero-order valence-electron chi connectivity index (χ0n) is 11.7. The van der Waals surface area contributed by atoms with Crippen molar-refractivity contribution >= 4 is 5.91 Å². The lowest BCUT2D eigenvalue weighted by atomic mass is 10.1. The van der Waals surface area contributed by atoms with Crippen LogP contribution in [0.4, 0.5) is 0 Å². The van der Waals surface area contributed by atoms with Crippen molar-refractivity contribution in [3.05, 3.63) is 35.4 Å². The SMILES string of the molecule is CCCCc1ccc(C(=O)NCC2CCCO2)cc1. The van der Waals surface area contributed by atoms with Crippen molar-refractivity contribution in [3.63, 3.8) is 0 Å². The molecule has 1 atom stereocenters. The van der Waals surface area contributed by atoms with Crippen molar-refractivity contribution < 1.29 is 9.53 Å². The van der Waals surface area contributed by atoms with Crippen LogP contribution in [0.15, 0.2) is 24.3 Å². The third-order valence-corrected chi connectivity index (χ3v) is 3.55. The van der Waals surface area contributed by atoms with E-state index in [2.05, 4.69) is 24.4 Å². The number of ether oxygens (including phenoxy) is 1. The second-order valence-corrected chi connectivity index (χ2v) is 5.15.